The van der Waals surface area contributed by atoms with Gasteiger partial charge in [-0.25, -0.2) is 0 Å². The standard InChI is InChI=1S/C37H62N5O9P/c1-12-24(6)32(41(9)37(46)31(23(4)5)39-35(45)30(38-8)22(2)3)28(49-10)21-29(43)42-20-16-19-27(42)33(50-11)25(7)34(44)40-36(51-52(47)48)26-17-14-13-15-18-26/h13-15,17-18,22-25,27-28,30-33,36,38H,12,16,19-21H2,1-11H3,(H2-,39,40,44,45,47,48)/p+1/t24?,25-,27-,28+,30-,31-,32-,33+,36?/m0/s1. The summed E-state index contributed by atoms with van der Waals surface area (Å²) >= 11 is 0. The van der Waals surface area contributed by atoms with Crippen LogP contribution in [0.25, 0.3) is 0 Å². The van der Waals surface area contributed by atoms with E-state index in [2.05, 4.69) is 16.0 Å². The summed E-state index contributed by atoms with van der Waals surface area (Å²) in [6.45, 7) is 13.8. The number of hydrogen-bond donors (Lipinski definition) is 4. The molecule has 0 bridgehead atoms. The van der Waals surface area contributed by atoms with E-state index >= 15 is 0 Å². The molecule has 14 nitrogen and oxygen atoms in total. The third-order valence-corrected chi connectivity index (χ3v) is 10.7. The van der Waals surface area contributed by atoms with Crippen molar-refractivity contribution >= 4 is 31.9 Å². The Morgan fingerprint density at radius 2 is 1.58 bits per heavy atom. The normalized spacial score (nSPS) is 19.6. The van der Waals surface area contributed by atoms with Gasteiger partial charge in [-0.05, 0) is 37.6 Å². The Labute approximate surface area is 311 Å². The molecule has 1 heterocycles. The molecular formula is C37H63N5O9P+. The second-order valence-corrected chi connectivity index (χ2v) is 15.2. The van der Waals surface area contributed by atoms with Crippen LogP contribution in [0.15, 0.2) is 30.3 Å². The fourth-order valence-corrected chi connectivity index (χ4v) is 7.55. The maximum atomic E-state index is 14.1. The Kier molecular flexibility index (Phi) is 18.8. The zero-order chi connectivity index (χ0) is 39.3. The molecule has 4 amide bonds. The Balaban J connectivity index is 2.29. The van der Waals surface area contributed by atoms with Crippen molar-refractivity contribution in [1.82, 2.24) is 25.8 Å². The highest BCUT2D eigenvalue weighted by Crippen LogP contribution is 2.31. The lowest BCUT2D eigenvalue weighted by atomic mass is 9.89. The molecule has 1 aliphatic heterocycles. The Morgan fingerprint density at radius 3 is 2.08 bits per heavy atom. The predicted molar refractivity (Wildman–Crippen MR) is 199 cm³/mol. The first-order valence-corrected chi connectivity index (χ1v) is 19.4. The van der Waals surface area contributed by atoms with Gasteiger partial charge in [0, 0.05) is 37.9 Å². The van der Waals surface area contributed by atoms with Crippen LogP contribution in [0, 0.1) is 23.7 Å². The quantitative estimate of drug-likeness (QED) is 0.107. The number of benzene rings is 1. The van der Waals surface area contributed by atoms with Gasteiger partial charge < -0.3 is 35.2 Å². The van der Waals surface area contributed by atoms with E-state index in [1.165, 1.54) is 14.2 Å². The summed E-state index contributed by atoms with van der Waals surface area (Å²) in [5.74, 6) is -2.15. The minimum Gasteiger partial charge on any atom is -0.379 e. The molecule has 0 radical (unpaired) electrons. The number of hydrogen-bond acceptors (Lipinski definition) is 9. The third kappa shape index (κ3) is 12.0. The first-order valence-electron chi connectivity index (χ1n) is 18.3. The second-order valence-electron chi connectivity index (χ2n) is 14.5. The van der Waals surface area contributed by atoms with Crippen molar-refractivity contribution in [2.45, 2.75) is 117 Å². The molecular weight excluding hydrogens is 689 g/mol. The Bertz CT molecular complexity index is 1320. The van der Waals surface area contributed by atoms with Crippen molar-refractivity contribution in [1.29, 1.82) is 0 Å². The summed E-state index contributed by atoms with van der Waals surface area (Å²) in [5.41, 5.74) is 0.497. The highest BCUT2D eigenvalue weighted by Gasteiger charge is 2.43. The van der Waals surface area contributed by atoms with Crippen LogP contribution in [-0.2, 0) is 37.7 Å². The number of rotatable bonds is 21. The minimum atomic E-state index is -3.01. The van der Waals surface area contributed by atoms with E-state index in [4.69, 9.17) is 14.0 Å². The molecule has 52 heavy (non-hydrogen) atoms. The summed E-state index contributed by atoms with van der Waals surface area (Å²) in [6.07, 6.45) is -0.502. The van der Waals surface area contributed by atoms with Gasteiger partial charge in [-0.1, -0.05) is 89.7 Å². The molecule has 0 aliphatic carbocycles. The average molecular weight is 753 g/mol. The molecule has 0 saturated carbocycles. The summed E-state index contributed by atoms with van der Waals surface area (Å²) < 4.78 is 28.5. The van der Waals surface area contributed by atoms with Gasteiger partial charge in [-0.15, -0.1) is 4.89 Å². The number of carbonyl (C=O) groups excluding carboxylic acids is 4. The SMILES string of the molecule is CCC(C)[C@@H]([C@@H](CC(=O)N1CCC[C@H]1[C@H](OC)[C@H](C)C(=O)NC(O[P+](=O)O)c1ccccc1)OC)N(C)C(=O)[C@@H](NC(=O)[C@@H](NC)C(C)C)C(C)C. The van der Waals surface area contributed by atoms with E-state index in [0.717, 1.165) is 0 Å². The van der Waals surface area contributed by atoms with E-state index in [1.807, 2.05) is 41.5 Å². The minimum absolute atomic E-state index is 0.0159. The molecule has 1 fully saturated rings. The summed E-state index contributed by atoms with van der Waals surface area (Å²) in [4.78, 5) is 67.8. The zero-order valence-corrected chi connectivity index (χ0v) is 33.7. The van der Waals surface area contributed by atoms with Crippen LogP contribution in [0.1, 0.15) is 85.9 Å². The van der Waals surface area contributed by atoms with Crippen molar-refractivity contribution in [2.24, 2.45) is 23.7 Å². The third-order valence-electron chi connectivity index (χ3n) is 10.3. The summed E-state index contributed by atoms with van der Waals surface area (Å²) in [6, 6.07) is 6.44. The smallest absolute Gasteiger partial charge is 0.379 e. The van der Waals surface area contributed by atoms with Gasteiger partial charge in [0.05, 0.1) is 42.7 Å². The fraction of sp³-hybridized carbons (Fsp3) is 0.730. The molecule has 3 unspecified atom stereocenters. The first-order chi connectivity index (χ1) is 24.5. The first kappa shape index (κ1) is 45.2. The number of methoxy groups -OCH3 is 2. The van der Waals surface area contributed by atoms with Crippen LogP contribution in [0.3, 0.4) is 0 Å². The molecule has 0 spiro atoms. The number of likely N-dealkylation sites (N-methyl/N-ethyl adjacent to an activating group) is 2. The van der Waals surface area contributed by atoms with Crippen molar-refractivity contribution in [3.8, 4) is 0 Å². The van der Waals surface area contributed by atoms with E-state index in [9.17, 15) is 28.6 Å². The Hall–Kier alpha value is -3.00. The second kappa shape index (κ2) is 21.6. The number of ether oxygens (including phenoxy) is 2. The van der Waals surface area contributed by atoms with E-state index in [-0.39, 0.29) is 41.9 Å². The summed E-state index contributed by atoms with van der Waals surface area (Å²) in [7, 11) is 3.44. The van der Waals surface area contributed by atoms with Crippen LogP contribution in [0.2, 0.25) is 0 Å². The van der Waals surface area contributed by atoms with Gasteiger partial charge in [0.1, 0.15) is 6.04 Å². The van der Waals surface area contributed by atoms with Crippen molar-refractivity contribution < 1.29 is 42.6 Å². The van der Waals surface area contributed by atoms with Gasteiger partial charge in [-0.2, -0.15) is 0 Å². The van der Waals surface area contributed by atoms with Gasteiger partial charge in [0.2, 0.25) is 29.9 Å². The molecule has 294 valence electrons. The van der Waals surface area contributed by atoms with Crippen LogP contribution < -0.4 is 16.0 Å². The number of likely N-dealkylation sites (tertiary alicyclic amines) is 1. The van der Waals surface area contributed by atoms with E-state index in [1.54, 1.807) is 61.2 Å². The average Bonchev–Trinajstić information content (AvgIpc) is 3.59. The van der Waals surface area contributed by atoms with Gasteiger partial charge in [0.15, 0.2) is 0 Å². The molecule has 1 aromatic rings. The fourth-order valence-electron chi connectivity index (χ4n) is 7.20. The van der Waals surface area contributed by atoms with Gasteiger partial charge >= 0.3 is 8.25 Å². The Morgan fingerprint density at radius 1 is 0.962 bits per heavy atom. The largest absolute Gasteiger partial charge is 0.697 e. The topological polar surface area (TPSA) is 176 Å². The van der Waals surface area contributed by atoms with Crippen molar-refractivity contribution in [3.63, 3.8) is 0 Å². The van der Waals surface area contributed by atoms with Gasteiger partial charge in [0.25, 0.3) is 0 Å². The predicted octanol–water partition coefficient (Wildman–Crippen LogP) is 3.77. The number of nitrogens with zero attached hydrogens (tertiary/aromatic N) is 2. The molecule has 15 heteroatoms. The highest BCUT2D eigenvalue weighted by atomic mass is 31.1. The monoisotopic (exact) mass is 752 g/mol. The van der Waals surface area contributed by atoms with E-state index < -0.39 is 62.7 Å². The van der Waals surface area contributed by atoms with Crippen LogP contribution >= 0.6 is 8.25 Å². The van der Waals surface area contributed by atoms with Gasteiger partial charge in [-0.3, -0.25) is 19.2 Å². The van der Waals surface area contributed by atoms with Crippen LogP contribution in [-0.4, -0.2) is 110 Å². The maximum Gasteiger partial charge on any atom is 0.697 e. The highest BCUT2D eigenvalue weighted by molar-refractivity contribution is 7.32. The zero-order valence-electron chi connectivity index (χ0n) is 32.8. The van der Waals surface area contributed by atoms with Crippen LogP contribution in [0.5, 0.6) is 0 Å². The lowest BCUT2D eigenvalue weighted by molar-refractivity contribution is -0.148. The summed E-state index contributed by atoms with van der Waals surface area (Å²) in [5, 5.41) is 8.72. The molecule has 0 aromatic heterocycles. The maximum absolute atomic E-state index is 14.1. The van der Waals surface area contributed by atoms with Crippen LogP contribution in [0.4, 0.5) is 0 Å². The van der Waals surface area contributed by atoms with Crippen molar-refractivity contribution in [3.05, 3.63) is 35.9 Å². The number of nitrogens with one attached hydrogen (secondary N) is 3. The lowest BCUT2D eigenvalue weighted by Gasteiger charge is -2.41. The molecule has 4 N–H and O–H groups in total. The molecule has 2 rings (SSSR count). The van der Waals surface area contributed by atoms with Crippen molar-refractivity contribution in [2.75, 3.05) is 34.9 Å². The molecule has 10 atom stereocenters. The van der Waals surface area contributed by atoms with E-state index in [0.29, 0.717) is 31.4 Å². The molecule has 1 aromatic carbocycles. The molecule has 1 aliphatic rings. The lowest BCUT2D eigenvalue weighted by Crippen LogP contribution is -2.59. The number of carbonyl (C=O) groups is 4. The number of amides is 4. The molecule has 1 saturated heterocycles.